The highest BCUT2D eigenvalue weighted by atomic mass is 32.2. The Balaban J connectivity index is 1.60. The summed E-state index contributed by atoms with van der Waals surface area (Å²) in [6.45, 7) is 0.860. The molecule has 2 heterocycles. The molecule has 1 aliphatic rings. The van der Waals surface area contributed by atoms with Gasteiger partial charge in [0.15, 0.2) is 0 Å². The third-order valence-corrected chi connectivity index (χ3v) is 3.68. The number of hydrogen-bond acceptors (Lipinski definition) is 4. The fraction of sp³-hybridized carbons (Fsp3) is 0.545. The van der Waals surface area contributed by atoms with Crippen LogP contribution in [-0.4, -0.2) is 30.0 Å². The molecule has 0 aliphatic carbocycles. The lowest BCUT2D eigenvalue weighted by Crippen LogP contribution is -2.38. The Morgan fingerprint density at radius 1 is 1.62 bits per heavy atom. The molecular weight excluding hydrogens is 224 g/mol. The smallest absolute Gasteiger partial charge is 0.234 e. The Kier molecular flexibility index (Phi) is 4.30. The van der Waals surface area contributed by atoms with Crippen molar-refractivity contribution in [3.05, 3.63) is 24.2 Å². The van der Waals surface area contributed by atoms with Crippen molar-refractivity contribution in [2.75, 3.05) is 18.1 Å². The highest BCUT2D eigenvalue weighted by Crippen LogP contribution is 2.16. The van der Waals surface area contributed by atoms with Gasteiger partial charge in [0.25, 0.3) is 0 Å². The minimum absolute atomic E-state index is 0.0216. The van der Waals surface area contributed by atoms with Crippen LogP contribution in [0.2, 0.25) is 0 Å². The van der Waals surface area contributed by atoms with Gasteiger partial charge in [0, 0.05) is 11.8 Å². The Hall–Kier alpha value is -0.940. The van der Waals surface area contributed by atoms with Crippen LogP contribution in [0.25, 0.3) is 0 Å². The molecule has 1 aromatic heterocycles. The van der Waals surface area contributed by atoms with E-state index >= 15 is 0 Å². The molecule has 0 spiro atoms. The van der Waals surface area contributed by atoms with Crippen molar-refractivity contribution in [2.24, 2.45) is 0 Å². The lowest BCUT2D eigenvalue weighted by Gasteiger charge is -2.10. The zero-order valence-corrected chi connectivity index (χ0v) is 9.89. The van der Waals surface area contributed by atoms with Gasteiger partial charge in [0.05, 0.1) is 19.4 Å². The molecule has 1 fully saturated rings. The van der Waals surface area contributed by atoms with Gasteiger partial charge in [-0.3, -0.25) is 4.79 Å². The van der Waals surface area contributed by atoms with Crippen molar-refractivity contribution in [3.63, 3.8) is 0 Å². The lowest BCUT2D eigenvalue weighted by atomic mass is 10.2. The third-order valence-electron chi connectivity index (χ3n) is 2.52. The van der Waals surface area contributed by atoms with E-state index in [1.807, 2.05) is 23.9 Å². The van der Waals surface area contributed by atoms with Crippen molar-refractivity contribution < 1.29 is 9.21 Å². The number of amides is 1. The van der Waals surface area contributed by atoms with E-state index in [2.05, 4.69) is 10.6 Å². The molecule has 1 saturated heterocycles. The van der Waals surface area contributed by atoms with Gasteiger partial charge >= 0.3 is 0 Å². The Bertz CT molecular complexity index is 321. The summed E-state index contributed by atoms with van der Waals surface area (Å²) in [5.74, 6) is 3.12. The summed E-state index contributed by atoms with van der Waals surface area (Å²) in [6.07, 6.45) is 2.77. The van der Waals surface area contributed by atoms with Crippen LogP contribution >= 0.6 is 11.8 Å². The summed E-state index contributed by atoms with van der Waals surface area (Å²) in [6, 6.07) is 4.16. The quantitative estimate of drug-likeness (QED) is 0.806. The summed E-state index contributed by atoms with van der Waals surface area (Å²) in [5, 5.41) is 6.05. The van der Waals surface area contributed by atoms with E-state index in [4.69, 9.17) is 4.42 Å². The van der Waals surface area contributed by atoms with E-state index in [1.54, 1.807) is 6.26 Å². The van der Waals surface area contributed by atoms with Crippen LogP contribution in [0.5, 0.6) is 0 Å². The highest BCUT2D eigenvalue weighted by molar-refractivity contribution is 7.99. The monoisotopic (exact) mass is 240 g/mol. The number of hydrogen-bond donors (Lipinski definition) is 2. The summed E-state index contributed by atoms with van der Waals surface area (Å²) >= 11 is 1.94. The average Bonchev–Trinajstić information content (AvgIpc) is 2.96. The van der Waals surface area contributed by atoms with Crippen LogP contribution in [0, 0.1) is 0 Å². The maximum Gasteiger partial charge on any atom is 0.234 e. The first-order chi connectivity index (χ1) is 7.84. The maximum atomic E-state index is 11.5. The van der Waals surface area contributed by atoms with E-state index in [1.165, 1.54) is 5.75 Å². The molecule has 4 nitrogen and oxygen atoms in total. The molecule has 1 aromatic rings. The van der Waals surface area contributed by atoms with Crippen molar-refractivity contribution in [2.45, 2.75) is 19.0 Å². The number of furan rings is 1. The molecule has 2 N–H and O–H groups in total. The Morgan fingerprint density at radius 2 is 2.56 bits per heavy atom. The standard InChI is InChI=1S/C11H16N2O2S/c14-11(7-12-9-3-5-16-8-9)13-6-10-2-1-4-15-10/h1-2,4,9,12H,3,5-8H2,(H,13,14). The van der Waals surface area contributed by atoms with Crippen LogP contribution in [0.3, 0.4) is 0 Å². The van der Waals surface area contributed by atoms with E-state index in [9.17, 15) is 4.79 Å². The average molecular weight is 240 g/mol. The topological polar surface area (TPSA) is 54.3 Å². The molecule has 0 bridgehead atoms. The van der Waals surface area contributed by atoms with Gasteiger partial charge in [0.2, 0.25) is 5.91 Å². The SMILES string of the molecule is O=C(CNC1CCSC1)NCc1ccco1. The van der Waals surface area contributed by atoms with E-state index in [0.717, 1.165) is 17.9 Å². The molecule has 0 radical (unpaired) electrons. The first kappa shape index (κ1) is 11.5. The number of rotatable bonds is 5. The Labute approximate surface area is 99.2 Å². The Morgan fingerprint density at radius 3 is 3.25 bits per heavy atom. The first-order valence-electron chi connectivity index (χ1n) is 5.45. The van der Waals surface area contributed by atoms with Crippen molar-refractivity contribution in [1.82, 2.24) is 10.6 Å². The minimum Gasteiger partial charge on any atom is -0.467 e. The normalized spacial score (nSPS) is 19.9. The maximum absolute atomic E-state index is 11.5. The van der Waals surface area contributed by atoms with Crippen molar-refractivity contribution >= 4 is 17.7 Å². The number of carbonyl (C=O) groups excluding carboxylic acids is 1. The van der Waals surface area contributed by atoms with Gasteiger partial charge in [-0.05, 0) is 24.3 Å². The van der Waals surface area contributed by atoms with Crippen LogP contribution in [0.15, 0.2) is 22.8 Å². The summed E-state index contributed by atoms with van der Waals surface area (Å²) < 4.78 is 5.12. The second-order valence-electron chi connectivity index (χ2n) is 3.80. The fourth-order valence-electron chi connectivity index (χ4n) is 1.59. The van der Waals surface area contributed by atoms with Crippen LogP contribution in [0.4, 0.5) is 0 Å². The summed E-state index contributed by atoms with van der Waals surface area (Å²) in [5.41, 5.74) is 0. The van der Waals surface area contributed by atoms with Crippen LogP contribution in [0.1, 0.15) is 12.2 Å². The molecule has 1 unspecified atom stereocenters. The molecule has 1 atom stereocenters. The zero-order chi connectivity index (χ0) is 11.2. The van der Waals surface area contributed by atoms with Gasteiger partial charge in [-0.15, -0.1) is 0 Å². The first-order valence-corrected chi connectivity index (χ1v) is 6.60. The van der Waals surface area contributed by atoms with Gasteiger partial charge in [-0.1, -0.05) is 0 Å². The third kappa shape index (κ3) is 3.57. The van der Waals surface area contributed by atoms with Gasteiger partial charge in [0.1, 0.15) is 5.76 Å². The summed E-state index contributed by atoms with van der Waals surface area (Å²) in [7, 11) is 0. The number of carbonyl (C=O) groups is 1. The van der Waals surface area contributed by atoms with Gasteiger partial charge in [-0.25, -0.2) is 0 Å². The molecule has 0 aromatic carbocycles. The highest BCUT2D eigenvalue weighted by Gasteiger charge is 2.15. The molecule has 2 rings (SSSR count). The summed E-state index contributed by atoms with van der Waals surface area (Å²) in [4.78, 5) is 11.5. The van der Waals surface area contributed by atoms with Gasteiger partial charge in [-0.2, -0.15) is 11.8 Å². The van der Waals surface area contributed by atoms with E-state index < -0.39 is 0 Å². The largest absolute Gasteiger partial charge is 0.467 e. The zero-order valence-electron chi connectivity index (χ0n) is 9.07. The molecular formula is C11H16N2O2S. The van der Waals surface area contributed by atoms with Gasteiger partial charge < -0.3 is 15.1 Å². The molecule has 88 valence electrons. The fourth-order valence-corrected chi connectivity index (χ4v) is 2.78. The molecule has 5 heteroatoms. The second-order valence-corrected chi connectivity index (χ2v) is 4.95. The predicted octanol–water partition coefficient (Wildman–Crippen LogP) is 0.991. The predicted molar refractivity (Wildman–Crippen MR) is 64.3 cm³/mol. The van der Waals surface area contributed by atoms with Crippen LogP contribution < -0.4 is 10.6 Å². The van der Waals surface area contributed by atoms with Crippen LogP contribution in [-0.2, 0) is 11.3 Å². The van der Waals surface area contributed by atoms with Crippen molar-refractivity contribution in [1.29, 1.82) is 0 Å². The van der Waals surface area contributed by atoms with E-state index in [0.29, 0.717) is 19.1 Å². The number of thioether (sulfide) groups is 1. The second kappa shape index (κ2) is 5.96. The molecule has 16 heavy (non-hydrogen) atoms. The molecule has 1 amide bonds. The van der Waals surface area contributed by atoms with E-state index in [-0.39, 0.29) is 5.91 Å². The molecule has 1 aliphatic heterocycles. The lowest BCUT2D eigenvalue weighted by molar-refractivity contribution is -0.120. The minimum atomic E-state index is 0.0216. The number of nitrogens with one attached hydrogen (secondary N) is 2. The van der Waals surface area contributed by atoms with Crippen molar-refractivity contribution in [3.8, 4) is 0 Å². The molecule has 0 saturated carbocycles.